The zero-order valence-electron chi connectivity index (χ0n) is 6.66. The molecule has 1 unspecified atom stereocenters. The molecular weight excluding hydrogens is 154 g/mol. The summed E-state index contributed by atoms with van der Waals surface area (Å²) in [6.07, 6.45) is 1.66. The molecule has 4 nitrogen and oxygen atoms in total. The van der Waals surface area contributed by atoms with Gasteiger partial charge in [-0.3, -0.25) is 5.32 Å². The second-order valence-electron chi connectivity index (χ2n) is 2.56. The molecule has 2 heterocycles. The first-order valence-corrected chi connectivity index (χ1v) is 3.98. The lowest BCUT2D eigenvalue weighted by Gasteiger charge is -2.11. The van der Waals surface area contributed by atoms with Crippen LogP contribution in [0.4, 0.5) is 5.82 Å². The molecule has 0 radical (unpaired) electrons. The maximum absolute atomic E-state index is 5.29. The predicted molar refractivity (Wildman–Crippen MR) is 45.6 cm³/mol. The minimum atomic E-state index is -0.0834. The number of rotatable bonds is 2. The average Bonchev–Trinajstić information content (AvgIpc) is 2.59. The van der Waals surface area contributed by atoms with Crippen molar-refractivity contribution in [2.75, 3.05) is 18.5 Å². The van der Waals surface area contributed by atoms with Gasteiger partial charge in [0.25, 0.3) is 0 Å². The lowest BCUT2D eigenvalue weighted by molar-refractivity contribution is 0.123. The first kappa shape index (κ1) is 7.52. The molecule has 1 fully saturated rings. The van der Waals surface area contributed by atoms with Crippen molar-refractivity contribution in [2.45, 2.75) is 6.35 Å². The van der Waals surface area contributed by atoms with Crippen molar-refractivity contribution in [3.8, 4) is 0 Å². The van der Waals surface area contributed by atoms with Crippen molar-refractivity contribution in [3.05, 3.63) is 24.4 Å². The van der Waals surface area contributed by atoms with Crippen LogP contribution in [0.25, 0.3) is 0 Å². The SMILES string of the molecule is c1ccc(NC2NCCO2)nc1. The summed E-state index contributed by atoms with van der Waals surface area (Å²) in [5.74, 6) is 0.830. The molecule has 64 valence electrons. The van der Waals surface area contributed by atoms with Crippen molar-refractivity contribution in [1.29, 1.82) is 0 Å². The van der Waals surface area contributed by atoms with Gasteiger partial charge in [-0.2, -0.15) is 0 Å². The van der Waals surface area contributed by atoms with Crippen LogP contribution < -0.4 is 10.6 Å². The largest absolute Gasteiger partial charge is 0.344 e. The minimum absolute atomic E-state index is 0.0834. The predicted octanol–water partition coefficient (Wildman–Crippen LogP) is 0.397. The number of hydrogen-bond donors (Lipinski definition) is 2. The topological polar surface area (TPSA) is 46.2 Å². The van der Waals surface area contributed by atoms with E-state index in [4.69, 9.17) is 4.74 Å². The molecule has 0 aliphatic carbocycles. The summed E-state index contributed by atoms with van der Waals surface area (Å²) < 4.78 is 5.29. The molecule has 0 aromatic carbocycles. The first-order valence-electron chi connectivity index (χ1n) is 3.98. The third-order valence-electron chi connectivity index (χ3n) is 1.66. The van der Waals surface area contributed by atoms with Gasteiger partial charge in [-0.15, -0.1) is 0 Å². The molecule has 12 heavy (non-hydrogen) atoms. The molecule has 1 saturated heterocycles. The highest BCUT2D eigenvalue weighted by molar-refractivity contribution is 5.33. The van der Waals surface area contributed by atoms with E-state index in [-0.39, 0.29) is 6.35 Å². The van der Waals surface area contributed by atoms with Crippen molar-refractivity contribution in [2.24, 2.45) is 0 Å². The Labute approximate surface area is 71.0 Å². The van der Waals surface area contributed by atoms with Gasteiger partial charge >= 0.3 is 0 Å². The Morgan fingerprint density at radius 1 is 1.58 bits per heavy atom. The van der Waals surface area contributed by atoms with Crippen LogP contribution in [0.15, 0.2) is 24.4 Å². The van der Waals surface area contributed by atoms with Gasteiger partial charge in [-0.1, -0.05) is 6.07 Å². The lowest BCUT2D eigenvalue weighted by atomic mass is 10.5. The van der Waals surface area contributed by atoms with Crippen LogP contribution >= 0.6 is 0 Å². The van der Waals surface area contributed by atoms with Crippen LogP contribution in [0.2, 0.25) is 0 Å². The molecule has 4 heteroatoms. The Morgan fingerprint density at radius 3 is 3.25 bits per heavy atom. The third-order valence-corrected chi connectivity index (χ3v) is 1.66. The molecule has 0 spiro atoms. The van der Waals surface area contributed by atoms with E-state index in [1.807, 2.05) is 18.2 Å². The van der Waals surface area contributed by atoms with E-state index in [2.05, 4.69) is 15.6 Å². The van der Waals surface area contributed by atoms with E-state index in [9.17, 15) is 0 Å². The molecule has 1 aromatic rings. The fourth-order valence-corrected chi connectivity index (χ4v) is 1.10. The van der Waals surface area contributed by atoms with Gasteiger partial charge in [-0.05, 0) is 12.1 Å². The van der Waals surface area contributed by atoms with Crippen LogP contribution in [0.3, 0.4) is 0 Å². The maximum Gasteiger partial charge on any atom is 0.185 e. The standard InChI is InChI=1S/C8H11N3O/c1-2-4-9-7(3-1)11-8-10-5-6-12-8/h1-4,8,10H,5-6H2,(H,9,11). The number of aromatic nitrogens is 1. The third kappa shape index (κ3) is 1.72. The van der Waals surface area contributed by atoms with E-state index in [0.29, 0.717) is 0 Å². The summed E-state index contributed by atoms with van der Waals surface area (Å²) >= 11 is 0. The summed E-state index contributed by atoms with van der Waals surface area (Å²) in [5, 5.41) is 6.23. The number of nitrogens with one attached hydrogen (secondary N) is 2. The van der Waals surface area contributed by atoms with Crippen molar-refractivity contribution >= 4 is 5.82 Å². The number of anilines is 1. The normalized spacial score (nSPS) is 22.5. The molecule has 0 amide bonds. The zero-order valence-corrected chi connectivity index (χ0v) is 6.66. The van der Waals surface area contributed by atoms with E-state index < -0.39 is 0 Å². The summed E-state index contributed by atoms with van der Waals surface area (Å²) in [4.78, 5) is 4.11. The molecule has 1 aliphatic rings. The summed E-state index contributed by atoms with van der Waals surface area (Å²) in [7, 11) is 0. The van der Waals surface area contributed by atoms with Crippen molar-refractivity contribution in [3.63, 3.8) is 0 Å². The Hall–Kier alpha value is -1.13. The molecule has 2 N–H and O–H groups in total. The Balaban J connectivity index is 1.94. The van der Waals surface area contributed by atoms with Gasteiger partial charge in [0.2, 0.25) is 0 Å². The van der Waals surface area contributed by atoms with Gasteiger partial charge < -0.3 is 10.1 Å². The second-order valence-corrected chi connectivity index (χ2v) is 2.56. The number of hydrogen-bond acceptors (Lipinski definition) is 4. The molecule has 1 aromatic heterocycles. The summed E-state index contributed by atoms with van der Waals surface area (Å²) in [6, 6.07) is 5.72. The van der Waals surface area contributed by atoms with E-state index in [1.165, 1.54) is 0 Å². The lowest BCUT2D eigenvalue weighted by Crippen LogP contribution is -2.31. The fourth-order valence-electron chi connectivity index (χ4n) is 1.10. The van der Waals surface area contributed by atoms with Crippen LogP contribution in [-0.2, 0) is 4.74 Å². The summed E-state index contributed by atoms with van der Waals surface area (Å²) in [5.41, 5.74) is 0. The van der Waals surface area contributed by atoms with E-state index in [0.717, 1.165) is 19.0 Å². The molecular formula is C8H11N3O. The highest BCUT2D eigenvalue weighted by Gasteiger charge is 2.13. The average molecular weight is 165 g/mol. The zero-order chi connectivity index (χ0) is 8.23. The Kier molecular flexibility index (Phi) is 2.20. The first-order chi connectivity index (χ1) is 5.95. The number of nitrogens with zero attached hydrogens (tertiary/aromatic N) is 1. The number of ether oxygens (including phenoxy) is 1. The van der Waals surface area contributed by atoms with E-state index in [1.54, 1.807) is 6.20 Å². The Morgan fingerprint density at radius 2 is 2.58 bits per heavy atom. The van der Waals surface area contributed by atoms with Crippen LogP contribution in [0.5, 0.6) is 0 Å². The Bertz CT molecular complexity index is 233. The van der Waals surface area contributed by atoms with Gasteiger partial charge in [0, 0.05) is 12.7 Å². The molecule has 1 atom stereocenters. The quantitative estimate of drug-likeness (QED) is 0.665. The molecule has 2 rings (SSSR count). The van der Waals surface area contributed by atoms with E-state index >= 15 is 0 Å². The second kappa shape index (κ2) is 3.51. The highest BCUT2D eigenvalue weighted by atomic mass is 16.5. The molecule has 1 aliphatic heterocycles. The van der Waals surface area contributed by atoms with Crippen LogP contribution in [0, 0.1) is 0 Å². The van der Waals surface area contributed by atoms with Gasteiger partial charge in [-0.25, -0.2) is 4.98 Å². The van der Waals surface area contributed by atoms with Crippen LogP contribution in [0.1, 0.15) is 0 Å². The van der Waals surface area contributed by atoms with Gasteiger partial charge in [0.1, 0.15) is 5.82 Å². The van der Waals surface area contributed by atoms with Crippen LogP contribution in [-0.4, -0.2) is 24.5 Å². The molecule has 0 bridgehead atoms. The minimum Gasteiger partial charge on any atom is -0.344 e. The maximum atomic E-state index is 5.29. The van der Waals surface area contributed by atoms with Gasteiger partial charge in [0.05, 0.1) is 6.61 Å². The summed E-state index contributed by atoms with van der Waals surface area (Å²) in [6.45, 7) is 1.65. The smallest absolute Gasteiger partial charge is 0.185 e. The van der Waals surface area contributed by atoms with Gasteiger partial charge in [0.15, 0.2) is 6.35 Å². The highest BCUT2D eigenvalue weighted by Crippen LogP contribution is 2.03. The number of pyridine rings is 1. The van der Waals surface area contributed by atoms with Crippen molar-refractivity contribution in [1.82, 2.24) is 10.3 Å². The molecule has 0 saturated carbocycles. The monoisotopic (exact) mass is 165 g/mol. The van der Waals surface area contributed by atoms with Crippen molar-refractivity contribution < 1.29 is 4.74 Å². The fraction of sp³-hybridized carbons (Fsp3) is 0.375.